The van der Waals surface area contributed by atoms with Crippen LogP contribution in [0.4, 0.5) is 5.69 Å². The number of amides is 1. The van der Waals surface area contributed by atoms with E-state index in [1.54, 1.807) is 36.5 Å². The molecule has 2 rings (SSSR count). The number of rotatable bonds is 3. The van der Waals surface area contributed by atoms with Crippen LogP contribution in [0.3, 0.4) is 0 Å². The number of ether oxygens (including phenoxy) is 1. The van der Waals surface area contributed by atoms with Crippen molar-refractivity contribution in [2.45, 2.75) is 6.92 Å². The molecule has 0 radical (unpaired) electrons. The highest BCUT2D eigenvalue weighted by Crippen LogP contribution is 2.23. The number of nitrogens with two attached hydrogens (primary N) is 2. The van der Waals surface area contributed by atoms with Gasteiger partial charge in [-0.05, 0) is 30.7 Å². The van der Waals surface area contributed by atoms with E-state index in [0.717, 1.165) is 5.56 Å². The highest BCUT2D eigenvalue weighted by Gasteiger charge is 2.04. The Labute approximate surface area is 104 Å². The topological polar surface area (TPSA) is 91.2 Å². The lowest BCUT2D eigenvalue weighted by molar-refractivity contribution is 0.1000. The van der Waals surface area contributed by atoms with Gasteiger partial charge in [0.2, 0.25) is 11.8 Å². The molecule has 5 heteroatoms. The van der Waals surface area contributed by atoms with Gasteiger partial charge < -0.3 is 16.2 Å². The summed E-state index contributed by atoms with van der Waals surface area (Å²) in [6.45, 7) is 1.86. The molecular weight excluding hydrogens is 230 g/mol. The van der Waals surface area contributed by atoms with Crippen molar-refractivity contribution in [3.05, 3.63) is 47.7 Å². The smallest absolute Gasteiger partial charge is 0.248 e. The minimum absolute atomic E-state index is 0.375. The summed E-state index contributed by atoms with van der Waals surface area (Å²) in [5.74, 6) is 0.360. The molecule has 0 unspecified atom stereocenters. The van der Waals surface area contributed by atoms with Crippen LogP contribution >= 0.6 is 0 Å². The molecule has 0 fully saturated rings. The molecule has 2 aromatic rings. The van der Waals surface area contributed by atoms with Gasteiger partial charge in [-0.25, -0.2) is 4.98 Å². The number of benzene rings is 1. The molecule has 4 N–H and O–H groups in total. The van der Waals surface area contributed by atoms with Crippen LogP contribution in [0.5, 0.6) is 11.6 Å². The monoisotopic (exact) mass is 243 g/mol. The standard InChI is InChI=1S/C13H13N3O2/c1-8-7-16-12(6-11(8)14)18-10-4-2-3-9(5-10)13(15)17/h2-7H,1H3,(H2,14,16)(H2,15,17). The molecule has 1 aromatic carbocycles. The van der Waals surface area contributed by atoms with Crippen LogP contribution in [-0.4, -0.2) is 10.9 Å². The predicted molar refractivity (Wildman–Crippen MR) is 68.4 cm³/mol. The molecule has 1 aromatic heterocycles. The largest absolute Gasteiger partial charge is 0.439 e. The number of pyridine rings is 1. The zero-order chi connectivity index (χ0) is 13.1. The average Bonchev–Trinajstić information content (AvgIpc) is 2.34. The Kier molecular flexibility index (Phi) is 3.14. The van der Waals surface area contributed by atoms with Gasteiger partial charge >= 0.3 is 0 Å². The average molecular weight is 243 g/mol. The fourth-order valence-corrected chi connectivity index (χ4v) is 1.41. The van der Waals surface area contributed by atoms with Crippen LogP contribution in [0.2, 0.25) is 0 Å². The summed E-state index contributed by atoms with van der Waals surface area (Å²) in [6.07, 6.45) is 1.63. The first-order chi connectivity index (χ1) is 8.56. The normalized spacial score (nSPS) is 10.1. The number of nitrogen functional groups attached to an aromatic ring is 1. The molecule has 0 spiro atoms. The van der Waals surface area contributed by atoms with E-state index in [1.165, 1.54) is 0 Å². The van der Waals surface area contributed by atoms with Crippen molar-refractivity contribution < 1.29 is 9.53 Å². The quantitative estimate of drug-likeness (QED) is 0.860. The van der Waals surface area contributed by atoms with E-state index >= 15 is 0 Å². The van der Waals surface area contributed by atoms with Crippen molar-refractivity contribution in [3.63, 3.8) is 0 Å². The Morgan fingerprint density at radius 1 is 1.33 bits per heavy atom. The molecule has 1 heterocycles. The summed E-state index contributed by atoms with van der Waals surface area (Å²) in [6, 6.07) is 8.20. The molecule has 0 saturated carbocycles. The molecule has 0 bridgehead atoms. The second kappa shape index (κ2) is 4.75. The van der Waals surface area contributed by atoms with E-state index < -0.39 is 5.91 Å². The van der Waals surface area contributed by atoms with E-state index in [9.17, 15) is 4.79 Å². The first kappa shape index (κ1) is 11.9. The van der Waals surface area contributed by atoms with Gasteiger partial charge in [0.1, 0.15) is 5.75 Å². The van der Waals surface area contributed by atoms with Gasteiger partial charge in [0.05, 0.1) is 0 Å². The Balaban J connectivity index is 2.25. The predicted octanol–water partition coefficient (Wildman–Crippen LogP) is 1.86. The zero-order valence-corrected chi connectivity index (χ0v) is 9.88. The van der Waals surface area contributed by atoms with Crippen LogP contribution in [0, 0.1) is 6.92 Å². The summed E-state index contributed by atoms with van der Waals surface area (Å²) in [5, 5.41) is 0. The molecule has 18 heavy (non-hydrogen) atoms. The van der Waals surface area contributed by atoms with Gasteiger partial charge in [-0.15, -0.1) is 0 Å². The summed E-state index contributed by atoms with van der Waals surface area (Å²) in [4.78, 5) is 15.1. The molecular formula is C13H13N3O2. The lowest BCUT2D eigenvalue weighted by Gasteiger charge is -2.07. The van der Waals surface area contributed by atoms with Crippen LogP contribution in [0.1, 0.15) is 15.9 Å². The first-order valence-corrected chi connectivity index (χ1v) is 5.36. The highest BCUT2D eigenvalue weighted by atomic mass is 16.5. The van der Waals surface area contributed by atoms with Crippen molar-refractivity contribution >= 4 is 11.6 Å². The maximum Gasteiger partial charge on any atom is 0.248 e. The van der Waals surface area contributed by atoms with Crippen LogP contribution in [0.25, 0.3) is 0 Å². The maximum atomic E-state index is 11.0. The molecule has 0 aliphatic carbocycles. The third kappa shape index (κ3) is 2.57. The Morgan fingerprint density at radius 3 is 2.78 bits per heavy atom. The molecule has 1 amide bonds. The SMILES string of the molecule is Cc1cnc(Oc2cccc(C(N)=O)c2)cc1N. The van der Waals surface area contributed by atoms with Gasteiger partial charge in [0.15, 0.2) is 0 Å². The number of hydrogen-bond donors (Lipinski definition) is 2. The van der Waals surface area contributed by atoms with Gasteiger partial charge in [0.25, 0.3) is 0 Å². The number of aromatic nitrogens is 1. The van der Waals surface area contributed by atoms with Crippen molar-refractivity contribution in [3.8, 4) is 11.6 Å². The van der Waals surface area contributed by atoms with Gasteiger partial charge in [-0.2, -0.15) is 0 Å². The minimum Gasteiger partial charge on any atom is -0.439 e. The van der Waals surface area contributed by atoms with Crippen molar-refractivity contribution in [1.82, 2.24) is 4.98 Å². The first-order valence-electron chi connectivity index (χ1n) is 5.36. The van der Waals surface area contributed by atoms with Gasteiger partial charge in [-0.3, -0.25) is 4.79 Å². The number of primary amides is 1. The van der Waals surface area contributed by atoms with E-state index in [2.05, 4.69) is 4.98 Å². The van der Waals surface area contributed by atoms with E-state index in [4.69, 9.17) is 16.2 Å². The fraction of sp³-hybridized carbons (Fsp3) is 0.0769. The maximum absolute atomic E-state index is 11.0. The lowest BCUT2D eigenvalue weighted by atomic mass is 10.2. The third-order valence-corrected chi connectivity index (χ3v) is 2.46. The van der Waals surface area contributed by atoms with Gasteiger partial charge in [-0.1, -0.05) is 6.07 Å². The van der Waals surface area contributed by atoms with Crippen LogP contribution < -0.4 is 16.2 Å². The molecule has 0 saturated heterocycles. The van der Waals surface area contributed by atoms with Crippen molar-refractivity contribution in [2.75, 3.05) is 5.73 Å². The van der Waals surface area contributed by atoms with Crippen LogP contribution in [-0.2, 0) is 0 Å². The number of aryl methyl sites for hydroxylation is 1. The number of hydrogen-bond acceptors (Lipinski definition) is 4. The van der Waals surface area contributed by atoms with Crippen LogP contribution in [0.15, 0.2) is 36.5 Å². The second-order valence-corrected chi connectivity index (χ2v) is 3.87. The highest BCUT2D eigenvalue weighted by molar-refractivity contribution is 5.93. The van der Waals surface area contributed by atoms with E-state index in [-0.39, 0.29) is 0 Å². The molecule has 0 aliphatic heterocycles. The molecule has 5 nitrogen and oxygen atoms in total. The third-order valence-electron chi connectivity index (χ3n) is 2.46. The fourth-order valence-electron chi connectivity index (χ4n) is 1.41. The summed E-state index contributed by atoms with van der Waals surface area (Å²) in [5.41, 5.74) is 12.8. The molecule has 92 valence electrons. The Bertz CT molecular complexity index is 597. The number of anilines is 1. The molecule has 0 atom stereocenters. The zero-order valence-electron chi connectivity index (χ0n) is 9.88. The van der Waals surface area contributed by atoms with Gasteiger partial charge in [0, 0.05) is 23.5 Å². The lowest BCUT2D eigenvalue weighted by Crippen LogP contribution is -2.10. The molecule has 0 aliphatic rings. The summed E-state index contributed by atoms with van der Waals surface area (Å²) >= 11 is 0. The van der Waals surface area contributed by atoms with E-state index in [1.807, 2.05) is 6.92 Å². The second-order valence-electron chi connectivity index (χ2n) is 3.87. The number of carbonyl (C=O) groups is 1. The van der Waals surface area contributed by atoms with E-state index in [0.29, 0.717) is 22.9 Å². The summed E-state index contributed by atoms with van der Waals surface area (Å²) in [7, 11) is 0. The Hall–Kier alpha value is -2.56. The van der Waals surface area contributed by atoms with Crippen molar-refractivity contribution in [1.29, 1.82) is 0 Å². The number of carbonyl (C=O) groups excluding carboxylic acids is 1. The number of nitrogens with zero attached hydrogens (tertiary/aromatic N) is 1. The minimum atomic E-state index is -0.503. The summed E-state index contributed by atoms with van der Waals surface area (Å²) < 4.78 is 5.51. The Morgan fingerprint density at radius 2 is 2.11 bits per heavy atom. The van der Waals surface area contributed by atoms with Crippen molar-refractivity contribution in [2.24, 2.45) is 5.73 Å².